The van der Waals surface area contributed by atoms with Crippen molar-refractivity contribution >= 4 is 39.0 Å². The van der Waals surface area contributed by atoms with Crippen molar-refractivity contribution in [3.63, 3.8) is 0 Å². The average Bonchev–Trinajstić information content (AvgIpc) is 3.31. The van der Waals surface area contributed by atoms with Gasteiger partial charge in [0.2, 0.25) is 11.8 Å². The number of amides is 2. The van der Waals surface area contributed by atoms with Crippen LogP contribution in [-0.2, 0) is 16.0 Å². The van der Waals surface area contributed by atoms with Crippen molar-refractivity contribution < 1.29 is 14.3 Å². The number of carbonyl (C=O) groups is 2. The van der Waals surface area contributed by atoms with Crippen molar-refractivity contribution in [2.24, 2.45) is 0 Å². The number of benzene rings is 4. The molecule has 6 rings (SSSR count). The Morgan fingerprint density at radius 1 is 0.892 bits per heavy atom. The smallest absolute Gasteiger partial charge is 0.224 e. The number of piperazine rings is 1. The first kappa shape index (κ1) is 23.5. The molecule has 2 amide bonds. The molecule has 6 nitrogen and oxygen atoms in total. The van der Waals surface area contributed by atoms with E-state index in [1.54, 1.807) is 7.11 Å². The molecular weight excluding hydrogens is 462 g/mol. The molecule has 4 aromatic carbocycles. The summed E-state index contributed by atoms with van der Waals surface area (Å²) in [5, 5.41) is 7.66. The number of nitrogens with zero attached hydrogens (tertiary/aromatic N) is 2. The molecule has 1 aliphatic carbocycles. The van der Waals surface area contributed by atoms with Crippen LogP contribution in [0, 0.1) is 0 Å². The zero-order valence-corrected chi connectivity index (χ0v) is 21.3. The Kier molecular flexibility index (Phi) is 6.05. The highest BCUT2D eigenvalue weighted by Gasteiger charge is 2.25. The number of hydrogen-bond donors (Lipinski definition) is 1. The largest absolute Gasteiger partial charge is 0.497 e. The Bertz CT molecular complexity index is 1540. The number of nitrogens with one attached hydrogen (secondary N) is 1. The second kappa shape index (κ2) is 9.52. The van der Waals surface area contributed by atoms with Crippen LogP contribution in [0.15, 0.2) is 60.7 Å². The van der Waals surface area contributed by atoms with Gasteiger partial charge in [-0.1, -0.05) is 42.5 Å². The summed E-state index contributed by atoms with van der Waals surface area (Å²) in [6.45, 7) is 3.22. The number of ether oxygens (including phenoxy) is 1. The second-order valence-electron chi connectivity index (χ2n) is 10.1. The Labute approximate surface area is 216 Å². The molecule has 1 fully saturated rings. The van der Waals surface area contributed by atoms with Gasteiger partial charge in [0.1, 0.15) is 5.75 Å². The number of hydrogen-bond acceptors (Lipinski definition) is 4. The molecule has 0 spiro atoms. The quantitative estimate of drug-likeness (QED) is 0.372. The molecule has 0 saturated carbocycles. The lowest BCUT2D eigenvalue weighted by atomic mass is 9.95. The van der Waals surface area contributed by atoms with Crippen molar-refractivity contribution in [3.8, 4) is 16.9 Å². The third kappa shape index (κ3) is 4.31. The molecule has 188 valence electrons. The highest BCUT2D eigenvalue weighted by atomic mass is 16.5. The van der Waals surface area contributed by atoms with Crippen molar-refractivity contribution in [1.82, 2.24) is 9.80 Å². The van der Waals surface area contributed by atoms with Crippen molar-refractivity contribution in [2.75, 3.05) is 45.7 Å². The molecule has 1 aliphatic heterocycles. The van der Waals surface area contributed by atoms with E-state index in [0.29, 0.717) is 0 Å². The van der Waals surface area contributed by atoms with E-state index in [0.717, 1.165) is 54.8 Å². The van der Waals surface area contributed by atoms with Crippen LogP contribution in [0.1, 0.15) is 24.0 Å². The van der Waals surface area contributed by atoms with Gasteiger partial charge in [-0.25, -0.2) is 0 Å². The van der Waals surface area contributed by atoms with E-state index in [9.17, 15) is 9.59 Å². The Morgan fingerprint density at radius 3 is 2.43 bits per heavy atom. The molecule has 37 heavy (non-hydrogen) atoms. The van der Waals surface area contributed by atoms with Crippen molar-refractivity contribution in [1.29, 1.82) is 0 Å². The molecule has 0 aromatic heterocycles. The zero-order valence-electron chi connectivity index (χ0n) is 21.3. The summed E-state index contributed by atoms with van der Waals surface area (Å²) in [7, 11) is 3.76. The van der Waals surface area contributed by atoms with E-state index in [1.807, 2.05) is 23.1 Å². The van der Waals surface area contributed by atoms with Crippen LogP contribution in [0.2, 0.25) is 0 Å². The van der Waals surface area contributed by atoms with Gasteiger partial charge in [0.25, 0.3) is 0 Å². The van der Waals surface area contributed by atoms with Gasteiger partial charge in [-0.15, -0.1) is 0 Å². The predicted molar refractivity (Wildman–Crippen MR) is 148 cm³/mol. The number of methoxy groups -OCH3 is 1. The standard InChI is InChI=1S/C31H31N3O3/c1-33-13-15-34(16-14-33)30(36)12-11-29(35)32-28-18-21-17-27-25(31(21)24-6-4-3-5-23(24)28)10-8-20-7-9-22(37-2)19-26(20)27/h3-10,18-19H,11-17H2,1-2H3,(H,32,35). The second-order valence-corrected chi connectivity index (χ2v) is 10.1. The molecule has 2 aliphatic rings. The molecule has 1 heterocycles. The third-order valence-corrected chi connectivity index (χ3v) is 7.80. The van der Waals surface area contributed by atoms with Gasteiger partial charge in [0.05, 0.1) is 7.11 Å². The van der Waals surface area contributed by atoms with Crippen LogP contribution in [0.4, 0.5) is 5.69 Å². The topological polar surface area (TPSA) is 61.9 Å². The normalized spacial score (nSPS) is 15.0. The van der Waals surface area contributed by atoms with E-state index in [4.69, 9.17) is 4.74 Å². The van der Waals surface area contributed by atoms with Crippen molar-refractivity contribution in [2.45, 2.75) is 19.3 Å². The fraction of sp³-hybridized carbons (Fsp3) is 0.290. The lowest BCUT2D eigenvalue weighted by molar-refractivity contribution is -0.134. The van der Waals surface area contributed by atoms with Crippen LogP contribution < -0.4 is 10.1 Å². The van der Waals surface area contributed by atoms with Gasteiger partial charge in [-0.2, -0.15) is 0 Å². The Morgan fingerprint density at radius 2 is 1.65 bits per heavy atom. The molecule has 0 atom stereocenters. The van der Waals surface area contributed by atoms with E-state index in [2.05, 4.69) is 59.7 Å². The molecule has 1 N–H and O–H groups in total. The first-order valence-electron chi connectivity index (χ1n) is 12.9. The first-order valence-corrected chi connectivity index (χ1v) is 12.9. The number of carbonyl (C=O) groups excluding carboxylic acids is 2. The predicted octanol–water partition coefficient (Wildman–Crippen LogP) is 5.07. The molecule has 1 saturated heterocycles. The van der Waals surface area contributed by atoms with Gasteiger partial charge in [0, 0.05) is 50.1 Å². The van der Waals surface area contributed by atoms with Crippen molar-refractivity contribution in [3.05, 3.63) is 71.8 Å². The average molecular weight is 494 g/mol. The summed E-state index contributed by atoms with van der Waals surface area (Å²) in [5.41, 5.74) is 5.77. The van der Waals surface area contributed by atoms with Gasteiger partial charge in [0.15, 0.2) is 0 Å². The minimum Gasteiger partial charge on any atom is -0.497 e. The molecule has 6 heteroatoms. The minimum atomic E-state index is -0.127. The van der Waals surface area contributed by atoms with E-state index < -0.39 is 0 Å². The van der Waals surface area contributed by atoms with Gasteiger partial charge in [-0.3, -0.25) is 9.59 Å². The van der Waals surface area contributed by atoms with E-state index in [1.165, 1.54) is 33.0 Å². The lowest BCUT2D eigenvalue weighted by Crippen LogP contribution is -2.47. The maximum absolute atomic E-state index is 13.0. The zero-order chi connectivity index (χ0) is 25.5. The molecule has 4 aromatic rings. The number of rotatable bonds is 5. The van der Waals surface area contributed by atoms with Crippen LogP contribution >= 0.6 is 0 Å². The first-order chi connectivity index (χ1) is 18.0. The summed E-state index contributed by atoms with van der Waals surface area (Å²) in [5.74, 6) is 0.777. The Balaban J connectivity index is 1.28. The molecule has 0 unspecified atom stereocenters. The maximum atomic E-state index is 13.0. The highest BCUT2D eigenvalue weighted by molar-refractivity contribution is 6.12. The number of anilines is 1. The van der Waals surface area contributed by atoms with Crippen LogP contribution in [-0.4, -0.2) is 62.0 Å². The molecule has 0 bridgehead atoms. The molecule has 0 radical (unpaired) electrons. The van der Waals surface area contributed by atoms with Crippen LogP contribution in [0.25, 0.3) is 32.7 Å². The molecular formula is C31H31N3O3. The number of fused-ring (bicyclic) bond motifs is 7. The third-order valence-electron chi connectivity index (χ3n) is 7.80. The lowest BCUT2D eigenvalue weighted by Gasteiger charge is -2.32. The van der Waals surface area contributed by atoms with Gasteiger partial charge >= 0.3 is 0 Å². The minimum absolute atomic E-state index is 0.0554. The van der Waals surface area contributed by atoms with Gasteiger partial charge in [-0.05, 0) is 70.1 Å². The summed E-state index contributed by atoms with van der Waals surface area (Å²) in [4.78, 5) is 29.7. The van der Waals surface area contributed by atoms with E-state index in [-0.39, 0.29) is 24.7 Å². The maximum Gasteiger partial charge on any atom is 0.224 e. The highest BCUT2D eigenvalue weighted by Crippen LogP contribution is 2.46. The van der Waals surface area contributed by atoms with Crippen LogP contribution in [0.3, 0.4) is 0 Å². The summed E-state index contributed by atoms with van der Waals surface area (Å²) >= 11 is 0. The van der Waals surface area contributed by atoms with E-state index >= 15 is 0 Å². The fourth-order valence-electron chi connectivity index (χ4n) is 5.74. The fourth-order valence-corrected chi connectivity index (χ4v) is 5.74. The number of likely N-dealkylation sites (N-methyl/N-ethyl adjacent to an activating group) is 1. The monoisotopic (exact) mass is 493 g/mol. The summed E-state index contributed by atoms with van der Waals surface area (Å²) < 4.78 is 5.50. The van der Waals surface area contributed by atoms with Gasteiger partial charge < -0.3 is 19.9 Å². The summed E-state index contributed by atoms with van der Waals surface area (Å²) in [6, 6.07) is 20.9. The van der Waals surface area contributed by atoms with Crippen LogP contribution in [0.5, 0.6) is 5.75 Å². The SMILES string of the molecule is COc1ccc2ccc3c(c2c1)Cc1cc(NC(=O)CCC(=O)N2CCN(C)CC2)c2ccccc2c1-3. The Hall–Kier alpha value is -3.90. The summed E-state index contributed by atoms with van der Waals surface area (Å²) in [6.07, 6.45) is 1.21.